The lowest BCUT2D eigenvalue weighted by Crippen LogP contribution is -2.51. The Labute approximate surface area is 108 Å². The van der Waals surface area contributed by atoms with Crippen LogP contribution in [-0.2, 0) is 9.53 Å². The molecule has 100 valence electrons. The van der Waals surface area contributed by atoms with E-state index in [0.717, 1.165) is 0 Å². The Morgan fingerprint density at radius 3 is 2.28 bits per heavy atom. The van der Waals surface area contributed by atoms with Crippen LogP contribution in [0.15, 0.2) is 12.2 Å². The van der Waals surface area contributed by atoms with Gasteiger partial charge in [0, 0.05) is 0 Å². The van der Waals surface area contributed by atoms with Crippen molar-refractivity contribution < 1.29 is 14.3 Å². The van der Waals surface area contributed by atoms with E-state index < -0.39 is 17.2 Å². The van der Waals surface area contributed by atoms with Crippen molar-refractivity contribution in [1.82, 2.24) is 5.32 Å². The van der Waals surface area contributed by atoms with Crippen LogP contribution < -0.4 is 5.32 Å². The van der Waals surface area contributed by atoms with Crippen molar-refractivity contribution in [1.29, 1.82) is 0 Å². The molecule has 0 heterocycles. The Balaban J connectivity index is 4.78. The average molecular weight is 252 g/mol. The van der Waals surface area contributed by atoms with Gasteiger partial charge in [-0.1, -0.05) is 0 Å². The summed E-state index contributed by atoms with van der Waals surface area (Å²) in [6.45, 7) is 15.0. The van der Waals surface area contributed by atoms with Crippen LogP contribution >= 0.6 is 0 Å². The lowest BCUT2D eigenvalue weighted by molar-refractivity contribution is -0.121. The van der Waals surface area contributed by atoms with Crippen molar-refractivity contribution in [3.8, 4) is 0 Å². The quantitative estimate of drug-likeness (QED) is 0.617. The highest BCUT2D eigenvalue weighted by molar-refractivity contribution is 5.91. The number of hydrogen-bond donors (Lipinski definition) is 1. The average Bonchev–Trinajstić information content (AvgIpc) is 2.14. The van der Waals surface area contributed by atoms with E-state index in [0.29, 0.717) is 0 Å². The first kappa shape index (κ1) is 16.2. The molecule has 0 fully saturated rings. The summed E-state index contributed by atoms with van der Waals surface area (Å²) in [6.07, 6.45) is 2.40. The minimum Gasteiger partial charge on any atom is -0.444 e. The molecule has 0 aliphatic rings. The molecule has 0 spiro atoms. The molecule has 0 aliphatic carbocycles. The molecule has 18 heavy (non-hydrogen) atoms. The van der Waals surface area contributed by atoms with Gasteiger partial charge in [0.1, 0.15) is 11.1 Å². The van der Waals surface area contributed by atoms with Crippen LogP contribution in [0.2, 0.25) is 0 Å². The van der Waals surface area contributed by atoms with Gasteiger partial charge in [-0.05, 0) is 46.8 Å². The molecule has 0 bridgehead atoms. The summed E-state index contributed by atoms with van der Waals surface area (Å²) in [5.74, 6) is -0.227. The van der Waals surface area contributed by atoms with Crippen molar-refractivity contribution >= 4 is 11.9 Å². The monoisotopic (exact) mass is 252 g/mol. The third-order valence-electron chi connectivity index (χ3n) is 2.14. The number of rotatable bonds is 4. The van der Waals surface area contributed by atoms with Crippen molar-refractivity contribution in [2.24, 2.45) is 0 Å². The molecule has 1 amide bonds. The predicted octanol–water partition coefficient (Wildman–Crippen LogP) is 2.33. The SMILES string of the molecule is [C-]#[N+]C/C=C\C(C)(NC(=O)OC(C)(C)C)C(C)=O. The van der Waals surface area contributed by atoms with Crippen molar-refractivity contribution in [3.05, 3.63) is 23.6 Å². The van der Waals surface area contributed by atoms with Crippen molar-refractivity contribution in [2.45, 2.75) is 45.8 Å². The number of Topliss-reactive ketones (excluding diaryl/α,β-unsaturated/α-hetero) is 1. The van der Waals surface area contributed by atoms with E-state index in [1.807, 2.05) is 0 Å². The third-order valence-corrected chi connectivity index (χ3v) is 2.14. The molecule has 5 nitrogen and oxygen atoms in total. The van der Waals surface area contributed by atoms with Gasteiger partial charge in [0.05, 0.1) is 0 Å². The predicted molar refractivity (Wildman–Crippen MR) is 69.1 cm³/mol. The topological polar surface area (TPSA) is 59.8 Å². The van der Waals surface area contributed by atoms with Gasteiger partial charge in [0.25, 0.3) is 0 Å². The number of alkyl carbamates (subject to hydrolysis) is 1. The Kier molecular flexibility index (Phi) is 5.57. The molecule has 0 saturated heterocycles. The highest BCUT2D eigenvalue weighted by Crippen LogP contribution is 2.12. The lowest BCUT2D eigenvalue weighted by atomic mass is 9.97. The molecule has 0 radical (unpaired) electrons. The Hall–Kier alpha value is -1.83. The summed E-state index contributed by atoms with van der Waals surface area (Å²) in [4.78, 5) is 26.3. The van der Waals surface area contributed by atoms with Crippen LogP contribution in [0.25, 0.3) is 4.85 Å². The molecule has 1 unspecified atom stereocenters. The summed E-state index contributed by atoms with van der Waals surface area (Å²) in [5.41, 5.74) is -1.77. The van der Waals surface area contributed by atoms with E-state index in [-0.39, 0.29) is 12.3 Å². The number of carbonyl (C=O) groups excluding carboxylic acids is 2. The van der Waals surface area contributed by atoms with Gasteiger partial charge in [-0.15, -0.1) is 0 Å². The van der Waals surface area contributed by atoms with E-state index in [1.165, 1.54) is 13.0 Å². The molecule has 0 aromatic heterocycles. The first-order chi connectivity index (χ1) is 8.10. The molecule has 1 N–H and O–H groups in total. The highest BCUT2D eigenvalue weighted by atomic mass is 16.6. The Bertz CT molecular complexity index is 388. The maximum absolute atomic E-state index is 11.6. The fraction of sp³-hybridized carbons (Fsp3) is 0.615. The second-order valence-corrected chi connectivity index (χ2v) is 5.13. The van der Waals surface area contributed by atoms with E-state index in [9.17, 15) is 9.59 Å². The number of carbonyl (C=O) groups is 2. The van der Waals surface area contributed by atoms with Gasteiger partial charge in [-0.2, -0.15) is 0 Å². The molecule has 5 heteroatoms. The molecule has 1 atom stereocenters. The molecule has 0 aromatic rings. The Morgan fingerprint density at radius 2 is 1.89 bits per heavy atom. The normalized spacial score (nSPS) is 14.7. The van der Waals surface area contributed by atoms with Crippen LogP contribution in [0.1, 0.15) is 34.6 Å². The number of amides is 1. The molecular formula is C13H20N2O3. The highest BCUT2D eigenvalue weighted by Gasteiger charge is 2.30. The second kappa shape index (κ2) is 6.20. The first-order valence-corrected chi connectivity index (χ1v) is 5.64. The number of nitrogens with zero attached hydrogens (tertiary/aromatic N) is 1. The van der Waals surface area contributed by atoms with Gasteiger partial charge in [-0.3, -0.25) is 4.79 Å². The van der Waals surface area contributed by atoms with Gasteiger partial charge in [-0.25, -0.2) is 11.4 Å². The van der Waals surface area contributed by atoms with Crippen molar-refractivity contribution in [2.75, 3.05) is 6.54 Å². The number of hydrogen-bond acceptors (Lipinski definition) is 3. The zero-order chi connectivity index (χ0) is 14.4. The maximum Gasteiger partial charge on any atom is 0.408 e. The van der Waals surface area contributed by atoms with E-state index in [1.54, 1.807) is 33.8 Å². The summed E-state index contributed by atoms with van der Waals surface area (Å²) < 4.78 is 5.09. The van der Waals surface area contributed by atoms with Crippen LogP contribution in [0.4, 0.5) is 4.79 Å². The summed E-state index contributed by atoms with van der Waals surface area (Å²) >= 11 is 0. The minimum atomic E-state index is -1.15. The van der Waals surface area contributed by atoms with Gasteiger partial charge >= 0.3 is 6.09 Å². The second-order valence-electron chi connectivity index (χ2n) is 5.13. The largest absolute Gasteiger partial charge is 0.444 e. The van der Waals surface area contributed by atoms with Gasteiger partial charge in [0.2, 0.25) is 6.54 Å². The Morgan fingerprint density at radius 1 is 1.33 bits per heavy atom. The molecule has 0 saturated carbocycles. The van der Waals surface area contributed by atoms with E-state index >= 15 is 0 Å². The van der Waals surface area contributed by atoms with E-state index in [2.05, 4.69) is 10.2 Å². The number of nitrogens with one attached hydrogen (secondary N) is 1. The molecule has 0 aliphatic heterocycles. The fourth-order valence-electron chi connectivity index (χ4n) is 1.10. The first-order valence-electron chi connectivity index (χ1n) is 5.64. The summed E-state index contributed by atoms with van der Waals surface area (Å²) in [7, 11) is 0. The van der Waals surface area contributed by atoms with Crippen LogP contribution in [0, 0.1) is 6.57 Å². The lowest BCUT2D eigenvalue weighted by Gasteiger charge is -2.27. The zero-order valence-corrected chi connectivity index (χ0v) is 11.5. The third kappa shape index (κ3) is 6.04. The van der Waals surface area contributed by atoms with Crippen LogP contribution in [-0.4, -0.2) is 29.6 Å². The minimum absolute atomic E-state index is 0.166. The van der Waals surface area contributed by atoms with E-state index in [4.69, 9.17) is 11.3 Å². The number of ether oxygens (including phenoxy) is 1. The zero-order valence-electron chi connectivity index (χ0n) is 11.5. The molecule has 0 aromatic carbocycles. The number of ketones is 1. The van der Waals surface area contributed by atoms with Crippen LogP contribution in [0.5, 0.6) is 0 Å². The fourth-order valence-corrected chi connectivity index (χ4v) is 1.10. The van der Waals surface area contributed by atoms with Crippen molar-refractivity contribution in [3.63, 3.8) is 0 Å². The maximum atomic E-state index is 11.6. The molecule has 0 rings (SSSR count). The van der Waals surface area contributed by atoms with Crippen LogP contribution in [0.3, 0.4) is 0 Å². The van der Waals surface area contributed by atoms with Gasteiger partial charge < -0.3 is 14.9 Å². The summed E-state index contributed by atoms with van der Waals surface area (Å²) in [5, 5.41) is 2.51. The van der Waals surface area contributed by atoms with Gasteiger partial charge in [0.15, 0.2) is 5.78 Å². The smallest absolute Gasteiger partial charge is 0.408 e. The standard InChI is InChI=1S/C13H20N2O3/c1-10(16)13(5,8-7-9-14-6)15-11(17)18-12(2,3)4/h7-8H,9H2,1-5H3,(H,15,17)/b8-7-. The summed E-state index contributed by atoms with van der Waals surface area (Å²) in [6, 6.07) is 0. The molecular weight excluding hydrogens is 232 g/mol.